The molecule has 0 radical (unpaired) electrons. The number of hydrogen-bond donors (Lipinski definition) is 0. The number of aryl methyl sites for hydroxylation is 2. The summed E-state index contributed by atoms with van der Waals surface area (Å²) in [4.78, 5) is 20.4. The molecule has 0 saturated heterocycles. The van der Waals surface area contributed by atoms with E-state index in [1.807, 2.05) is 39.8 Å². The summed E-state index contributed by atoms with van der Waals surface area (Å²) in [5.74, 6) is 0.703. The van der Waals surface area contributed by atoms with E-state index in [0.29, 0.717) is 11.7 Å². The number of ketones is 1. The molecule has 2 aromatic heterocycles. The van der Waals surface area contributed by atoms with Crippen LogP contribution in [0.1, 0.15) is 44.0 Å². The number of pyridine rings is 1. The summed E-state index contributed by atoms with van der Waals surface area (Å²) in [7, 11) is 0. The Hall–Kier alpha value is -2.04. The van der Waals surface area contributed by atoms with Crippen molar-refractivity contribution in [2.45, 2.75) is 40.5 Å². The van der Waals surface area contributed by atoms with Crippen LogP contribution in [0.5, 0.6) is 0 Å². The highest BCUT2D eigenvalue weighted by atomic mass is 16.5. The highest BCUT2D eigenvalue weighted by molar-refractivity contribution is 5.82. The predicted octanol–water partition coefficient (Wildman–Crippen LogP) is 3.08. The number of aromatic nitrogens is 3. The minimum absolute atomic E-state index is 0.0392. The van der Waals surface area contributed by atoms with Gasteiger partial charge in [-0.05, 0) is 38.8 Å². The van der Waals surface area contributed by atoms with Crippen LogP contribution in [0.25, 0.3) is 11.4 Å². The zero-order valence-electron chi connectivity index (χ0n) is 12.5. The lowest BCUT2D eigenvalue weighted by molar-refractivity contribution is -0.119. The van der Waals surface area contributed by atoms with E-state index >= 15 is 0 Å². The Kier molecular flexibility index (Phi) is 3.97. The monoisotopic (exact) mass is 273 g/mol. The van der Waals surface area contributed by atoms with Gasteiger partial charge in [0.05, 0.1) is 5.92 Å². The molecule has 2 heterocycles. The molecule has 0 bridgehead atoms. The van der Waals surface area contributed by atoms with Crippen molar-refractivity contribution in [3.8, 4) is 11.4 Å². The molecule has 2 aromatic rings. The topological polar surface area (TPSA) is 68.9 Å². The number of hydrogen-bond acceptors (Lipinski definition) is 5. The van der Waals surface area contributed by atoms with Crippen LogP contribution in [0, 0.1) is 19.8 Å². The van der Waals surface area contributed by atoms with Crippen LogP contribution in [-0.2, 0) is 4.79 Å². The molecule has 2 rings (SSSR count). The third-order valence-electron chi connectivity index (χ3n) is 3.15. The molecule has 0 N–H and O–H groups in total. The zero-order valence-corrected chi connectivity index (χ0v) is 12.5. The summed E-state index contributed by atoms with van der Waals surface area (Å²) in [6, 6.07) is 3.81. The molecule has 0 aliphatic rings. The number of carbonyl (C=O) groups excluding carboxylic acids is 1. The van der Waals surface area contributed by atoms with E-state index in [1.54, 1.807) is 6.92 Å². The maximum absolute atomic E-state index is 11.7. The maximum atomic E-state index is 11.7. The Morgan fingerprint density at radius 3 is 2.25 bits per heavy atom. The van der Waals surface area contributed by atoms with Crippen LogP contribution in [0.15, 0.2) is 16.7 Å². The van der Waals surface area contributed by atoms with Gasteiger partial charge in [0.15, 0.2) is 0 Å². The lowest BCUT2D eigenvalue weighted by Crippen LogP contribution is -2.15. The highest BCUT2D eigenvalue weighted by Crippen LogP contribution is 2.26. The second-order valence-corrected chi connectivity index (χ2v) is 5.43. The Bertz CT molecular complexity index is 612. The van der Waals surface area contributed by atoms with Gasteiger partial charge in [0.1, 0.15) is 5.78 Å². The first-order valence-electron chi connectivity index (χ1n) is 6.68. The molecule has 20 heavy (non-hydrogen) atoms. The quantitative estimate of drug-likeness (QED) is 0.856. The Labute approximate surface area is 118 Å². The van der Waals surface area contributed by atoms with Crippen LogP contribution < -0.4 is 0 Å². The van der Waals surface area contributed by atoms with Crippen molar-refractivity contribution in [1.82, 2.24) is 15.1 Å². The second-order valence-electron chi connectivity index (χ2n) is 5.43. The molecule has 106 valence electrons. The van der Waals surface area contributed by atoms with Crippen molar-refractivity contribution in [1.29, 1.82) is 0 Å². The van der Waals surface area contributed by atoms with Crippen molar-refractivity contribution in [2.24, 2.45) is 5.92 Å². The molecule has 0 spiro atoms. The maximum Gasteiger partial charge on any atom is 0.237 e. The lowest BCUT2D eigenvalue weighted by atomic mass is 9.92. The van der Waals surface area contributed by atoms with Crippen LogP contribution in [0.4, 0.5) is 0 Å². The van der Waals surface area contributed by atoms with Gasteiger partial charge in [-0.3, -0.25) is 9.78 Å². The number of nitrogens with zero attached hydrogens (tertiary/aromatic N) is 3. The molecule has 1 unspecified atom stereocenters. The molecule has 1 atom stereocenters. The van der Waals surface area contributed by atoms with Crippen molar-refractivity contribution in [2.75, 3.05) is 0 Å². The Morgan fingerprint density at radius 2 is 1.75 bits per heavy atom. The summed E-state index contributed by atoms with van der Waals surface area (Å²) in [5, 5.41) is 3.99. The Balaban J connectivity index is 2.39. The zero-order chi connectivity index (χ0) is 14.9. The van der Waals surface area contributed by atoms with Gasteiger partial charge in [-0.15, -0.1) is 0 Å². The summed E-state index contributed by atoms with van der Waals surface area (Å²) in [6.07, 6.45) is 0. The summed E-state index contributed by atoms with van der Waals surface area (Å²) < 4.78 is 5.28. The van der Waals surface area contributed by atoms with E-state index in [9.17, 15) is 4.79 Å². The van der Waals surface area contributed by atoms with Crippen molar-refractivity contribution in [3.63, 3.8) is 0 Å². The highest BCUT2D eigenvalue weighted by Gasteiger charge is 2.27. The van der Waals surface area contributed by atoms with E-state index in [-0.39, 0.29) is 17.6 Å². The molecule has 0 aliphatic carbocycles. The fourth-order valence-corrected chi connectivity index (χ4v) is 2.37. The summed E-state index contributed by atoms with van der Waals surface area (Å²) in [5.41, 5.74) is 2.66. The van der Waals surface area contributed by atoms with Gasteiger partial charge in [0.25, 0.3) is 0 Å². The van der Waals surface area contributed by atoms with Crippen LogP contribution in [0.2, 0.25) is 0 Å². The fourth-order valence-electron chi connectivity index (χ4n) is 2.37. The lowest BCUT2D eigenvalue weighted by Gasteiger charge is -2.12. The third-order valence-corrected chi connectivity index (χ3v) is 3.15. The minimum atomic E-state index is -0.347. The standard InChI is InChI=1S/C15H19N3O2/c1-8(2)13(11(5)19)15-17-14(18-20-15)12-6-9(3)16-10(4)7-12/h6-8,13H,1-5H3. The first-order chi connectivity index (χ1) is 9.38. The minimum Gasteiger partial charge on any atom is -0.338 e. The number of carbonyl (C=O) groups is 1. The van der Waals surface area contributed by atoms with Crippen LogP contribution in [0.3, 0.4) is 0 Å². The SMILES string of the molecule is CC(=O)C(c1nc(-c2cc(C)nc(C)c2)no1)C(C)C. The van der Waals surface area contributed by atoms with Gasteiger partial charge in [-0.25, -0.2) is 0 Å². The smallest absolute Gasteiger partial charge is 0.237 e. The van der Waals surface area contributed by atoms with Crippen LogP contribution >= 0.6 is 0 Å². The average Bonchev–Trinajstić information content (AvgIpc) is 2.75. The van der Waals surface area contributed by atoms with Crippen molar-refractivity contribution >= 4 is 5.78 Å². The summed E-state index contributed by atoms with van der Waals surface area (Å²) in [6.45, 7) is 9.33. The molecule has 5 nitrogen and oxygen atoms in total. The largest absolute Gasteiger partial charge is 0.338 e. The summed E-state index contributed by atoms with van der Waals surface area (Å²) >= 11 is 0. The van der Waals surface area contributed by atoms with E-state index < -0.39 is 0 Å². The molecule has 5 heteroatoms. The van der Waals surface area contributed by atoms with Gasteiger partial charge in [0, 0.05) is 17.0 Å². The second kappa shape index (κ2) is 5.53. The molecule has 0 aliphatic heterocycles. The van der Waals surface area contributed by atoms with Crippen molar-refractivity contribution in [3.05, 3.63) is 29.4 Å². The average molecular weight is 273 g/mol. The van der Waals surface area contributed by atoms with Crippen LogP contribution in [-0.4, -0.2) is 20.9 Å². The first kappa shape index (κ1) is 14.4. The van der Waals surface area contributed by atoms with Gasteiger partial charge in [-0.2, -0.15) is 4.98 Å². The third kappa shape index (κ3) is 2.92. The fraction of sp³-hybridized carbons (Fsp3) is 0.467. The predicted molar refractivity (Wildman–Crippen MR) is 75.3 cm³/mol. The van der Waals surface area contributed by atoms with Gasteiger partial charge in [-0.1, -0.05) is 19.0 Å². The van der Waals surface area contributed by atoms with Gasteiger partial charge < -0.3 is 4.52 Å². The van der Waals surface area contributed by atoms with E-state index in [2.05, 4.69) is 15.1 Å². The molecule has 0 fully saturated rings. The van der Waals surface area contributed by atoms with Gasteiger partial charge in [0.2, 0.25) is 11.7 Å². The first-order valence-corrected chi connectivity index (χ1v) is 6.68. The molecular weight excluding hydrogens is 254 g/mol. The molecular formula is C15H19N3O2. The van der Waals surface area contributed by atoms with E-state index in [4.69, 9.17) is 4.52 Å². The molecule has 0 amide bonds. The van der Waals surface area contributed by atoms with E-state index in [1.165, 1.54) is 0 Å². The molecule has 0 saturated carbocycles. The van der Waals surface area contributed by atoms with Crippen molar-refractivity contribution < 1.29 is 9.32 Å². The van der Waals surface area contributed by atoms with E-state index in [0.717, 1.165) is 17.0 Å². The molecule has 0 aromatic carbocycles. The normalized spacial score (nSPS) is 12.7. The van der Waals surface area contributed by atoms with Gasteiger partial charge >= 0.3 is 0 Å². The number of Topliss-reactive ketones (excluding diaryl/α,β-unsaturated/α-hetero) is 1. The number of rotatable bonds is 4. The Morgan fingerprint density at radius 1 is 1.15 bits per heavy atom.